The number of pyridine rings is 1. The molecule has 1 aromatic rings. The van der Waals surface area contributed by atoms with E-state index in [4.69, 9.17) is 15.2 Å². The van der Waals surface area contributed by atoms with Gasteiger partial charge in [-0.05, 0) is 12.5 Å². The van der Waals surface area contributed by atoms with E-state index in [0.29, 0.717) is 25.5 Å². The van der Waals surface area contributed by atoms with Crippen LogP contribution in [-0.4, -0.2) is 36.8 Å². The highest BCUT2D eigenvalue weighted by atomic mass is 16.5. The van der Waals surface area contributed by atoms with Gasteiger partial charge in [-0.25, -0.2) is 4.98 Å². The van der Waals surface area contributed by atoms with Gasteiger partial charge in [0.25, 0.3) is 0 Å². The summed E-state index contributed by atoms with van der Waals surface area (Å²) in [6.45, 7) is 1.14. The van der Waals surface area contributed by atoms with Crippen LogP contribution in [0, 0.1) is 0 Å². The van der Waals surface area contributed by atoms with Crippen molar-refractivity contribution >= 4 is 5.91 Å². The van der Waals surface area contributed by atoms with Crippen molar-refractivity contribution in [3.63, 3.8) is 0 Å². The van der Waals surface area contributed by atoms with Crippen LogP contribution in [-0.2, 0) is 16.1 Å². The predicted octanol–water partition coefficient (Wildman–Crippen LogP) is -0.176. The molecule has 0 aliphatic carbocycles. The van der Waals surface area contributed by atoms with Crippen molar-refractivity contribution in [1.29, 1.82) is 0 Å². The summed E-state index contributed by atoms with van der Waals surface area (Å²) in [6, 6.07) is 3.64. The molecule has 1 amide bonds. The zero-order chi connectivity index (χ0) is 13.0. The molecule has 1 saturated heterocycles. The lowest BCUT2D eigenvalue weighted by Crippen LogP contribution is -2.54. The van der Waals surface area contributed by atoms with Crippen molar-refractivity contribution in [2.75, 3.05) is 20.3 Å². The molecule has 0 spiro atoms. The second-order valence-electron chi connectivity index (χ2n) is 4.31. The van der Waals surface area contributed by atoms with Crippen LogP contribution in [0.5, 0.6) is 5.88 Å². The first-order valence-electron chi connectivity index (χ1n) is 5.78. The first-order valence-corrected chi connectivity index (χ1v) is 5.78. The number of ether oxygens (including phenoxy) is 2. The molecule has 3 N–H and O–H groups in total. The largest absolute Gasteiger partial charge is 0.481 e. The number of carbonyl (C=O) groups excluding carboxylic acids is 1. The smallest absolute Gasteiger partial charge is 0.242 e. The van der Waals surface area contributed by atoms with E-state index >= 15 is 0 Å². The van der Waals surface area contributed by atoms with Gasteiger partial charge >= 0.3 is 0 Å². The Balaban J connectivity index is 1.97. The molecule has 1 aliphatic heterocycles. The quantitative estimate of drug-likeness (QED) is 0.775. The summed E-state index contributed by atoms with van der Waals surface area (Å²) >= 11 is 0. The fourth-order valence-corrected chi connectivity index (χ4v) is 1.85. The molecule has 1 aliphatic rings. The zero-order valence-corrected chi connectivity index (χ0v) is 10.3. The molecule has 98 valence electrons. The maximum absolute atomic E-state index is 12.0. The first kappa shape index (κ1) is 12.8. The molecule has 1 fully saturated rings. The van der Waals surface area contributed by atoms with Crippen molar-refractivity contribution in [3.05, 3.63) is 23.9 Å². The van der Waals surface area contributed by atoms with Gasteiger partial charge in [-0.15, -0.1) is 0 Å². The van der Waals surface area contributed by atoms with E-state index in [0.717, 1.165) is 5.56 Å². The van der Waals surface area contributed by atoms with Crippen molar-refractivity contribution in [2.24, 2.45) is 5.73 Å². The molecule has 6 heteroatoms. The SMILES string of the molecule is COc1ncccc1CNC(=O)C1(N)CCOC1. The molecule has 1 aromatic heterocycles. The zero-order valence-electron chi connectivity index (χ0n) is 10.3. The van der Waals surface area contributed by atoms with Gasteiger partial charge in [0.2, 0.25) is 11.8 Å². The van der Waals surface area contributed by atoms with Crippen molar-refractivity contribution in [3.8, 4) is 5.88 Å². The molecule has 2 rings (SSSR count). The van der Waals surface area contributed by atoms with Gasteiger partial charge in [0.15, 0.2) is 0 Å². The number of carbonyl (C=O) groups is 1. The molecule has 0 saturated carbocycles. The summed E-state index contributed by atoms with van der Waals surface area (Å²) in [7, 11) is 1.54. The number of hydrogen-bond donors (Lipinski definition) is 2. The third kappa shape index (κ3) is 2.60. The second-order valence-corrected chi connectivity index (χ2v) is 4.31. The van der Waals surface area contributed by atoms with E-state index in [1.807, 2.05) is 6.07 Å². The van der Waals surface area contributed by atoms with Crippen LogP contribution in [0.25, 0.3) is 0 Å². The number of nitrogens with two attached hydrogens (primary N) is 1. The molecule has 0 aromatic carbocycles. The van der Waals surface area contributed by atoms with Crippen LogP contribution in [0.4, 0.5) is 0 Å². The Morgan fingerprint density at radius 2 is 2.56 bits per heavy atom. The number of rotatable bonds is 4. The minimum absolute atomic E-state index is 0.203. The molecule has 0 radical (unpaired) electrons. The second kappa shape index (κ2) is 5.32. The number of amides is 1. The average molecular weight is 251 g/mol. The highest BCUT2D eigenvalue weighted by Gasteiger charge is 2.38. The summed E-state index contributed by atoms with van der Waals surface area (Å²) in [5.74, 6) is 0.303. The maximum Gasteiger partial charge on any atom is 0.242 e. The Hall–Kier alpha value is -1.66. The number of methoxy groups -OCH3 is 1. The van der Waals surface area contributed by atoms with Gasteiger partial charge < -0.3 is 20.5 Å². The summed E-state index contributed by atoms with van der Waals surface area (Å²) in [4.78, 5) is 16.0. The van der Waals surface area contributed by atoms with Crippen molar-refractivity contribution in [1.82, 2.24) is 10.3 Å². The molecule has 6 nitrogen and oxygen atoms in total. The summed E-state index contributed by atoms with van der Waals surface area (Å²) < 4.78 is 10.3. The lowest BCUT2D eigenvalue weighted by atomic mass is 9.99. The third-order valence-corrected chi connectivity index (χ3v) is 2.99. The van der Waals surface area contributed by atoms with Crippen LogP contribution < -0.4 is 15.8 Å². The standard InChI is InChI=1S/C12H17N3O3/c1-17-10-9(3-2-5-14-10)7-15-11(16)12(13)4-6-18-8-12/h2-3,5H,4,6-8,13H2,1H3,(H,15,16). The first-order chi connectivity index (χ1) is 8.65. The monoisotopic (exact) mass is 251 g/mol. The van der Waals surface area contributed by atoms with Crippen molar-refractivity contribution in [2.45, 2.75) is 18.5 Å². The Morgan fingerprint density at radius 1 is 1.72 bits per heavy atom. The highest BCUT2D eigenvalue weighted by Crippen LogP contribution is 2.17. The molecule has 18 heavy (non-hydrogen) atoms. The minimum atomic E-state index is -0.907. The fourth-order valence-electron chi connectivity index (χ4n) is 1.85. The van der Waals surface area contributed by atoms with E-state index in [9.17, 15) is 4.79 Å². The third-order valence-electron chi connectivity index (χ3n) is 2.99. The van der Waals surface area contributed by atoms with Gasteiger partial charge in [-0.2, -0.15) is 0 Å². The van der Waals surface area contributed by atoms with E-state index in [1.165, 1.54) is 0 Å². The van der Waals surface area contributed by atoms with Crippen LogP contribution >= 0.6 is 0 Å². The predicted molar refractivity (Wildman–Crippen MR) is 65.0 cm³/mol. The Bertz CT molecular complexity index is 430. The lowest BCUT2D eigenvalue weighted by Gasteiger charge is -2.20. The van der Waals surface area contributed by atoms with Crippen LogP contribution in [0.15, 0.2) is 18.3 Å². The Morgan fingerprint density at radius 3 is 3.22 bits per heavy atom. The molecule has 2 heterocycles. The number of hydrogen-bond acceptors (Lipinski definition) is 5. The van der Waals surface area contributed by atoms with Crippen molar-refractivity contribution < 1.29 is 14.3 Å². The average Bonchev–Trinajstić information content (AvgIpc) is 2.84. The topological polar surface area (TPSA) is 86.5 Å². The Labute approximate surface area is 105 Å². The fraction of sp³-hybridized carbons (Fsp3) is 0.500. The van der Waals surface area contributed by atoms with Crippen LogP contribution in [0.2, 0.25) is 0 Å². The van der Waals surface area contributed by atoms with E-state index in [-0.39, 0.29) is 12.5 Å². The maximum atomic E-state index is 12.0. The highest BCUT2D eigenvalue weighted by molar-refractivity contribution is 5.86. The summed E-state index contributed by atoms with van der Waals surface area (Å²) in [6.07, 6.45) is 2.18. The van der Waals surface area contributed by atoms with E-state index in [1.54, 1.807) is 19.4 Å². The molecular formula is C12H17N3O3. The van der Waals surface area contributed by atoms with E-state index < -0.39 is 5.54 Å². The lowest BCUT2D eigenvalue weighted by molar-refractivity contribution is -0.126. The summed E-state index contributed by atoms with van der Waals surface area (Å²) in [5, 5.41) is 2.79. The number of aromatic nitrogens is 1. The molecular weight excluding hydrogens is 234 g/mol. The minimum Gasteiger partial charge on any atom is -0.481 e. The molecule has 1 unspecified atom stereocenters. The summed E-state index contributed by atoms with van der Waals surface area (Å²) in [5.41, 5.74) is 5.86. The number of nitrogens with one attached hydrogen (secondary N) is 1. The molecule has 0 bridgehead atoms. The van der Waals surface area contributed by atoms with Crippen LogP contribution in [0.1, 0.15) is 12.0 Å². The number of nitrogens with zero attached hydrogens (tertiary/aromatic N) is 1. The van der Waals surface area contributed by atoms with Gasteiger partial charge in [-0.3, -0.25) is 4.79 Å². The van der Waals surface area contributed by atoms with Gasteiger partial charge in [0.1, 0.15) is 5.54 Å². The Kier molecular flexibility index (Phi) is 3.78. The molecule has 1 atom stereocenters. The van der Waals surface area contributed by atoms with Gasteiger partial charge in [0.05, 0.1) is 13.7 Å². The van der Waals surface area contributed by atoms with Gasteiger partial charge in [-0.1, -0.05) is 6.07 Å². The van der Waals surface area contributed by atoms with Crippen LogP contribution in [0.3, 0.4) is 0 Å². The van der Waals surface area contributed by atoms with Gasteiger partial charge in [0, 0.05) is 24.9 Å². The van der Waals surface area contributed by atoms with E-state index in [2.05, 4.69) is 10.3 Å². The normalized spacial score (nSPS) is 22.8.